The van der Waals surface area contributed by atoms with Crippen molar-refractivity contribution in [1.29, 1.82) is 0 Å². The van der Waals surface area contributed by atoms with E-state index in [-0.39, 0.29) is 0 Å². The van der Waals surface area contributed by atoms with Gasteiger partial charge in [0.15, 0.2) is 0 Å². The summed E-state index contributed by atoms with van der Waals surface area (Å²) >= 11 is 0. The fourth-order valence-electron chi connectivity index (χ4n) is 3.55. The third-order valence-electron chi connectivity index (χ3n) is 4.95. The Labute approximate surface area is 129 Å². The molecule has 2 nitrogen and oxygen atoms in total. The zero-order valence-electron chi connectivity index (χ0n) is 13.5. The highest BCUT2D eigenvalue weighted by molar-refractivity contribution is 5.28. The van der Waals surface area contributed by atoms with Gasteiger partial charge < -0.3 is 5.32 Å². The Kier molecular flexibility index (Phi) is 5.32. The molecule has 1 aromatic rings. The van der Waals surface area contributed by atoms with Gasteiger partial charge in [0, 0.05) is 13.1 Å². The van der Waals surface area contributed by atoms with Crippen LogP contribution in [-0.4, -0.2) is 31.1 Å². The van der Waals surface area contributed by atoms with Crippen LogP contribution in [0.5, 0.6) is 0 Å². The summed E-state index contributed by atoms with van der Waals surface area (Å²) < 4.78 is 0. The van der Waals surface area contributed by atoms with Gasteiger partial charge in [-0.1, -0.05) is 31.2 Å². The SMILES string of the molecule is CCCN(Cc1ccc(C2CC2)cc1)CC1CCNCC1. The minimum absolute atomic E-state index is 0.875. The van der Waals surface area contributed by atoms with Crippen LogP contribution in [-0.2, 0) is 6.54 Å². The summed E-state index contributed by atoms with van der Waals surface area (Å²) in [6.45, 7) is 8.35. The molecule has 2 aliphatic rings. The van der Waals surface area contributed by atoms with Crippen LogP contribution in [0.4, 0.5) is 0 Å². The third kappa shape index (κ3) is 4.55. The van der Waals surface area contributed by atoms with Crippen LogP contribution in [0.25, 0.3) is 0 Å². The number of hydrogen-bond acceptors (Lipinski definition) is 2. The quantitative estimate of drug-likeness (QED) is 0.820. The van der Waals surface area contributed by atoms with Gasteiger partial charge in [0.1, 0.15) is 0 Å². The van der Waals surface area contributed by atoms with E-state index >= 15 is 0 Å². The van der Waals surface area contributed by atoms with Gasteiger partial charge in [-0.2, -0.15) is 0 Å². The first-order chi connectivity index (χ1) is 10.3. The Balaban J connectivity index is 1.55. The Hall–Kier alpha value is -0.860. The molecule has 116 valence electrons. The second-order valence-corrected chi connectivity index (χ2v) is 6.94. The van der Waals surface area contributed by atoms with Crippen molar-refractivity contribution in [3.8, 4) is 0 Å². The maximum absolute atomic E-state index is 3.47. The van der Waals surface area contributed by atoms with Gasteiger partial charge in [-0.3, -0.25) is 4.90 Å². The molecule has 1 heterocycles. The molecule has 21 heavy (non-hydrogen) atoms. The number of hydrogen-bond donors (Lipinski definition) is 1. The van der Waals surface area contributed by atoms with Crippen molar-refractivity contribution in [3.63, 3.8) is 0 Å². The van der Waals surface area contributed by atoms with Crippen molar-refractivity contribution < 1.29 is 0 Å². The average Bonchev–Trinajstić information content (AvgIpc) is 3.34. The minimum atomic E-state index is 0.875. The van der Waals surface area contributed by atoms with Crippen molar-refractivity contribution in [2.45, 2.75) is 51.5 Å². The lowest BCUT2D eigenvalue weighted by atomic mass is 9.97. The van der Waals surface area contributed by atoms with Crippen LogP contribution in [0.2, 0.25) is 0 Å². The van der Waals surface area contributed by atoms with Gasteiger partial charge in [0.05, 0.1) is 0 Å². The Morgan fingerprint density at radius 1 is 1.05 bits per heavy atom. The van der Waals surface area contributed by atoms with Crippen molar-refractivity contribution >= 4 is 0 Å². The molecule has 0 aromatic heterocycles. The largest absolute Gasteiger partial charge is 0.317 e. The fraction of sp³-hybridized carbons (Fsp3) is 0.684. The van der Waals surface area contributed by atoms with Crippen LogP contribution in [0.1, 0.15) is 56.1 Å². The monoisotopic (exact) mass is 286 g/mol. The van der Waals surface area contributed by atoms with Crippen LogP contribution < -0.4 is 5.32 Å². The first-order valence-corrected chi connectivity index (χ1v) is 8.87. The Morgan fingerprint density at radius 3 is 2.38 bits per heavy atom. The van der Waals surface area contributed by atoms with Crippen molar-refractivity contribution in [2.75, 3.05) is 26.2 Å². The van der Waals surface area contributed by atoms with Crippen LogP contribution in [0.15, 0.2) is 24.3 Å². The molecule has 1 N–H and O–H groups in total. The number of nitrogens with zero attached hydrogens (tertiary/aromatic N) is 1. The average molecular weight is 286 g/mol. The minimum Gasteiger partial charge on any atom is -0.317 e. The van der Waals surface area contributed by atoms with Crippen molar-refractivity contribution in [1.82, 2.24) is 10.2 Å². The second kappa shape index (κ2) is 7.42. The van der Waals surface area contributed by atoms with E-state index in [2.05, 4.69) is 41.4 Å². The van der Waals surface area contributed by atoms with Gasteiger partial charge in [-0.05, 0) is 74.7 Å². The lowest BCUT2D eigenvalue weighted by molar-refractivity contribution is 0.199. The molecule has 0 amide bonds. The normalized spacial score (nSPS) is 20.1. The van der Waals surface area contributed by atoms with Gasteiger partial charge in [0.25, 0.3) is 0 Å². The number of piperidine rings is 1. The van der Waals surface area contributed by atoms with E-state index < -0.39 is 0 Å². The molecule has 1 saturated heterocycles. The first kappa shape index (κ1) is 15.1. The topological polar surface area (TPSA) is 15.3 Å². The molecule has 0 spiro atoms. The maximum Gasteiger partial charge on any atom is 0.0233 e. The summed E-state index contributed by atoms with van der Waals surface area (Å²) in [6.07, 6.45) is 6.75. The summed E-state index contributed by atoms with van der Waals surface area (Å²) in [7, 11) is 0. The standard InChI is InChI=1S/C19H30N2/c1-2-13-21(15-17-9-11-20-12-10-17)14-16-3-5-18(6-4-16)19-7-8-19/h3-6,17,19-20H,2,7-15H2,1H3. The summed E-state index contributed by atoms with van der Waals surface area (Å²) in [4.78, 5) is 2.67. The van der Waals surface area contributed by atoms with Crippen molar-refractivity contribution in [2.24, 2.45) is 5.92 Å². The molecular weight excluding hydrogens is 256 g/mol. The molecule has 1 saturated carbocycles. The summed E-state index contributed by atoms with van der Waals surface area (Å²) in [5.41, 5.74) is 3.04. The maximum atomic E-state index is 3.47. The molecule has 3 rings (SSSR count). The zero-order valence-corrected chi connectivity index (χ0v) is 13.5. The van der Waals surface area contributed by atoms with E-state index in [9.17, 15) is 0 Å². The highest BCUT2D eigenvalue weighted by Crippen LogP contribution is 2.39. The van der Waals surface area contributed by atoms with Crippen molar-refractivity contribution in [3.05, 3.63) is 35.4 Å². The van der Waals surface area contributed by atoms with Gasteiger partial charge in [-0.25, -0.2) is 0 Å². The van der Waals surface area contributed by atoms with Crippen LogP contribution in [0.3, 0.4) is 0 Å². The van der Waals surface area contributed by atoms with Crippen LogP contribution >= 0.6 is 0 Å². The molecule has 0 bridgehead atoms. The summed E-state index contributed by atoms with van der Waals surface area (Å²) in [6, 6.07) is 9.45. The highest BCUT2D eigenvalue weighted by atomic mass is 15.1. The number of benzene rings is 1. The van der Waals surface area contributed by atoms with Crippen LogP contribution in [0, 0.1) is 5.92 Å². The molecule has 1 aliphatic heterocycles. The molecule has 0 radical (unpaired) electrons. The van der Waals surface area contributed by atoms with Gasteiger partial charge in [0.2, 0.25) is 0 Å². The van der Waals surface area contributed by atoms with Gasteiger partial charge >= 0.3 is 0 Å². The highest BCUT2D eigenvalue weighted by Gasteiger charge is 2.23. The predicted molar refractivity (Wildman–Crippen MR) is 89.6 cm³/mol. The van der Waals surface area contributed by atoms with E-state index in [1.165, 1.54) is 63.8 Å². The van der Waals surface area contributed by atoms with E-state index in [4.69, 9.17) is 0 Å². The lowest BCUT2D eigenvalue weighted by Crippen LogP contribution is -2.36. The molecule has 2 heteroatoms. The Morgan fingerprint density at radius 2 is 1.76 bits per heavy atom. The Bertz CT molecular complexity index is 416. The molecule has 0 atom stereocenters. The van der Waals surface area contributed by atoms with E-state index in [0.717, 1.165) is 18.4 Å². The second-order valence-electron chi connectivity index (χ2n) is 6.94. The first-order valence-electron chi connectivity index (χ1n) is 8.87. The zero-order chi connectivity index (χ0) is 14.5. The number of rotatable bonds is 7. The molecule has 0 unspecified atom stereocenters. The van der Waals surface area contributed by atoms with E-state index in [0.29, 0.717) is 0 Å². The summed E-state index contributed by atoms with van der Waals surface area (Å²) in [5.74, 6) is 1.77. The van der Waals surface area contributed by atoms with E-state index in [1.54, 1.807) is 5.56 Å². The molecule has 1 aromatic carbocycles. The predicted octanol–water partition coefficient (Wildman–Crippen LogP) is 3.78. The van der Waals surface area contributed by atoms with E-state index in [1.807, 2.05) is 0 Å². The molecule has 2 fully saturated rings. The third-order valence-corrected chi connectivity index (χ3v) is 4.95. The molecular formula is C19H30N2. The smallest absolute Gasteiger partial charge is 0.0233 e. The molecule has 1 aliphatic carbocycles. The fourth-order valence-corrected chi connectivity index (χ4v) is 3.55. The lowest BCUT2D eigenvalue weighted by Gasteiger charge is -2.30. The summed E-state index contributed by atoms with van der Waals surface area (Å²) in [5, 5.41) is 3.47. The van der Waals surface area contributed by atoms with Gasteiger partial charge in [-0.15, -0.1) is 0 Å². The number of nitrogens with one attached hydrogen (secondary N) is 1.